The number of hydrogen-bond donors (Lipinski definition) is 2. The van der Waals surface area contributed by atoms with Gasteiger partial charge in [-0.05, 0) is 74.2 Å². The van der Waals surface area contributed by atoms with Crippen molar-refractivity contribution >= 4 is 0 Å². The van der Waals surface area contributed by atoms with Gasteiger partial charge >= 0.3 is 0 Å². The molecule has 4 heteroatoms. The minimum Gasteiger partial charge on any atom is -0.507 e. The Morgan fingerprint density at radius 2 is 0.735 bits per heavy atom. The van der Waals surface area contributed by atoms with E-state index in [2.05, 4.69) is 26.0 Å². The largest absolute Gasteiger partial charge is 0.507 e. The Morgan fingerprint density at radius 1 is 0.441 bits per heavy atom. The standard InChI is InChI=1S/C16H18O2.C14H14O2/c1-11-7-5-9-13(17-3)15(11)16-12(2)8-6-10-14(16)18-4;1-9-5-3-7-11(15)13(9)14-10(2)6-4-8-12(14)16/h5-10H,1-4H3;3-8,15-16H,1-2H3. The van der Waals surface area contributed by atoms with Crippen molar-refractivity contribution in [3.05, 3.63) is 95.1 Å². The average molecular weight is 457 g/mol. The quantitative estimate of drug-likeness (QED) is 0.337. The summed E-state index contributed by atoms with van der Waals surface area (Å²) < 4.78 is 11.0. The number of methoxy groups -OCH3 is 2. The topological polar surface area (TPSA) is 58.9 Å². The molecule has 4 nitrogen and oxygen atoms in total. The minimum absolute atomic E-state index is 0.199. The first-order chi connectivity index (χ1) is 16.3. The van der Waals surface area contributed by atoms with E-state index in [1.54, 1.807) is 38.5 Å². The Kier molecular flexibility index (Phi) is 7.85. The number of phenolic OH excluding ortho intramolecular Hbond substituents is 2. The first-order valence-corrected chi connectivity index (χ1v) is 11.1. The second-order valence-electron chi connectivity index (χ2n) is 8.24. The zero-order chi connectivity index (χ0) is 24.8. The molecular formula is C30H32O4. The molecule has 2 N–H and O–H groups in total. The summed E-state index contributed by atoms with van der Waals surface area (Å²) in [5.74, 6) is 2.15. The van der Waals surface area contributed by atoms with Gasteiger partial charge in [0.05, 0.1) is 14.2 Å². The van der Waals surface area contributed by atoms with Gasteiger partial charge in [-0.15, -0.1) is 0 Å². The van der Waals surface area contributed by atoms with Crippen molar-refractivity contribution in [1.29, 1.82) is 0 Å². The van der Waals surface area contributed by atoms with Gasteiger partial charge in [0.1, 0.15) is 23.0 Å². The number of benzene rings is 4. The first-order valence-electron chi connectivity index (χ1n) is 11.1. The van der Waals surface area contributed by atoms with Gasteiger partial charge < -0.3 is 19.7 Å². The highest BCUT2D eigenvalue weighted by molar-refractivity contribution is 5.81. The Labute approximate surface area is 202 Å². The van der Waals surface area contributed by atoms with E-state index in [-0.39, 0.29) is 11.5 Å². The molecule has 0 aromatic heterocycles. The highest BCUT2D eigenvalue weighted by atomic mass is 16.5. The van der Waals surface area contributed by atoms with Crippen LogP contribution in [0.15, 0.2) is 72.8 Å². The fourth-order valence-corrected chi connectivity index (χ4v) is 4.22. The van der Waals surface area contributed by atoms with Crippen molar-refractivity contribution in [3.63, 3.8) is 0 Å². The molecular weight excluding hydrogens is 424 g/mol. The highest BCUT2D eigenvalue weighted by Gasteiger charge is 2.16. The summed E-state index contributed by atoms with van der Waals surface area (Å²) in [6.45, 7) is 8.01. The fourth-order valence-electron chi connectivity index (χ4n) is 4.22. The lowest BCUT2D eigenvalue weighted by Crippen LogP contribution is -1.96. The van der Waals surface area contributed by atoms with Crippen LogP contribution in [0, 0.1) is 27.7 Å². The van der Waals surface area contributed by atoms with E-state index in [9.17, 15) is 10.2 Å². The molecule has 0 saturated carbocycles. The van der Waals surface area contributed by atoms with Crippen LogP contribution < -0.4 is 9.47 Å². The van der Waals surface area contributed by atoms with E-state index in [0.29, 0.717) is 11.1 Å². The van der Waals surface area contributed by atoms with E-state index >= 15 is 0 Å². The van der Waals surface area contributed by atoms with Gasteiger partial charge in [-0.1, -0.05) is 48.5 Å². The van der Waals surface area contributed by atoms with Gasteiger partial charge in [0, 0.05) is 22.3 Å². The van der Waals surface area contributed by atoms with Crippen molar-refractivity contribution in [1.82, 2.24) is 0 Å². The van der Waals surface area contributed by atoms with Crippen molar-refractivity contribution in [2.75, 3.05) is 14.2 Å². The van der Waals surface area contributed by atoms with Crippen LogP contribution in [0.25, 0.3) is 22.3 Å². The Balaban J connectivity index is 0.000000192. The molecule has 0 amide bonds. The van der Waals surface area contributed by atoms with E-state index < -0.39 is 0 Å². The SMILES string of the molecule is COc1cccc(C)c1-c1c(C)cccc1OC.Cc1cccc(O)c1-c1c(C)cccc1O. The molecule has 0 aliphatic heterocycles. The predicted molar refractivity (Wildman–Crippen MR) is 139 cm³/mol. The molecule has 0 spiro atoms. The van der Waals surface area contributed by atoms with Crippen molar-refractivity contribution < 1.29 is 19.7 Å². The zero-order valence-corrected chi connectivity index (χ0v) is 20.6. The van der Waals surface area contributed by atoms with Crippen LogP contribution in [0.5, 0.6) is 23.0 Å². The van der Waals surface area contributed by atoms with Crippen molar-refractivity contribution in [2.45, 2.75) is 27.7 Å². The molecule has 0 radical (unpaired) electrons. The molecule has 4 aromatic rings. The van der Waals surface area contributed by atoms with Crippen molar-refractivity contribution in [2.24, 2.45) is 0 Å². The molecule has 0 unspecified atom stereocenters. The number of aromatic hydroxyl groups is 2. The molecule has 0 heterocycles. The fraction of sp³-hybridized carbons (Fsp3) is 0.200. The van der Waals surface area contributed by atoms with Crippen LogP contribution >= 0.6 is 0 Å². The lowest BCUT2D eigenvalue weighted by atomic mass is 9.95. The van der Waals surface area contributed by atoms with Crippen LogP contribution in [0.4, 0.5) is 0 Å². The maximum absolute atomic E-state index is 9.88. The monoisotopic (exact) mass is 456 g/mol. The van der Waals surface area contributed by atoms with Gasteiger partial charge in [0.2, 0.25) is 0 Å². The lowest BCUT2D eigenvalue weighted by molar-refractivity contribution is 0.410. The minimum atomic E-state index is 0.199. The van der Waals surface area contributed by atoms with E-state index in [1.807, 2.05) is 50.2 Å². The smallest absolute Gasteiger partial charge is 0.127 e. The number of phenols is 2. The van der Waals surface area contributed by atoms with E-state index in [0.717, 1.165) is 33.8 Å². The molecule has 4 aromatic carbocycles. The first kappa shape index (κ1) is 24.7. The van der Waals surface area contributed by atoms with Crippen LogP contribution in [0.1, 0.15) is 22.3 Å². The van der Waals surface area contributed by atoms with Crippen LogP contribution in [0.2, 0.25) is 0 Å². The predicted octanol–water partition coefficient (Wildman–Crippen LogP) is 7.37. The third kappa shape index (κ3) is 5.01. The molecule has 176 valence electrons. The third-order valence-corrected chi connectivity index (χ3v) is 5.91. The van der Waals surface area contributed by atoms with Crippen LogP contribution in [0.3, 0.4) is 0 Å². The summed E-state index contributed by atoms with van der Waals surface area (Å²) >= 11 is 0. The normalized spacial score (nSPS) is 10.3. The number of rotatable bonds is 4. The molecule has 0 aliphatic rings. The summed E-state index contributed by atoms with van der Waals surface area (Å²) in [5.41, 5.74) is 7.89. The molecule has 34 heavy (non-hydrogen) atoms. The number of hydrogen-bond acceptors (Lipinski definition) is 4. The molecule has 4 rings (SSSR count). The molecule has 0 atom stereocenters. The van der Waals surface area contributed by atoms with E-state index in [4.69, 9.17) is 9.47 Å². The van der Waals surface area contributed by atoms with Gasteiger partial charge in [0.15, 0.2) is 0 Å². The summed E-state index contributed by atoms with van der Waals surface area (Å²) in [7, 11) is 3.39. The van der Waals surface area contributed by atoms with Crippen LogP contribution in [-0.2, 0) is 0 Å². The third-order valence-electron chi connectivity index (χ3n) is 5.91. The number of ether oxygens (including phenoxy) is 2. The summed E-state index contributed by atoms with van der Waals surface area (Å²) in [4.78, 5) is 0. The Morgan fingerprint density at radius 3 is 1.03 bits per heavy atom. The summed E-state index contributed by atoms with van der Waals surface area (Å²) in [6, 6.07) is 22.8. The Bertz CT molecular complexity index is 1150. The van der Waals surface area contributed by atoms with Crippen molar-refractivity contribution in [3.8, 4) is 45.3 Å². The van der Waals surface area contributed by atoms with Gasteiger partial charge in [-0.3, -0.25) is 0 Å². The maximum atomic E-state index is 9.88. The zero-order valence-electron chi connectivity index (χ0n) is 20.6. The van der Waals surface area contributed by atoms with Gasteiger partial charge in [-0.25, -0.2) is 0 Å². The highest BCUT2D eigenvalue weighted by Crippen LogP contribution is 2.41. The average Bonchev–Trinajstić information content (AvgIpc) is 2.81. The second-order valence-corrected chi connectivity index (χ2v) is 8.24. The Hall–Kier alpha value is -3.92. The summed E-state index contributed by atoms with van der Waals surface area (Å²) in [6.07, 6.45) is 0. The molecule has 0 aliphatic carbocycles. The molecule has 0 bridgehead atoms. The van der Waals surface area contributed by atoms with E-state index in [1.165, 1.54) is 11.1 Å². The molecule has 0 fully saturated rings. The van der Waals surface area contributed by atoms with Gasteiger partial charge in [-0.2, -0.15) is 0 Å². The summed E-state index contributed by atoms with van der Waals surface area (Å²) in [5, 5.41) is 19.8. The van der Waals surface area contributed by atoms with Crippen LogP contribution in [-0.4, -0.2) is 24.4 Å². The second kappa shape index (κ2) is 10.8. The maximum Gasteiger partial charge on any atom is 0.127 e. The number of aryl methyl sites for hydroxylation is 4. The molecule has 0 saturated heterocycles. The lowest BCUT2D eigenvalue weighted by Gasteiger charge is -2.16. The van der Waals surface area contributed by atoms with Gasteiger partial charge in [0.25, 0.3) is 0 Å².